The molecule has 0 saturated carbocycles. The summed E-state index contributed by atoms with van der Waals surface area (Å²) in [5.41, 5.74) is 1.56. The molecule has 0 aliphatic carbocycles. The summed E-state index contributed by atoms with van der Waals surface area (Å²) < 4.78 is 36.9. The van der Waals surface area contributed by atoms with Gasteiger partial charge in [0.25, 0.3) is 0 Å². The van der Waals surface area contributed by atoms with Crippen molar-refractivity contribution in [1.82, 2.24) is 9.71 Å². The summed E-state index contributed by atoms with van der Waals surface area (Å²) in [6.45, 7) is 0.374. The van der Waals surface area contributed by atoms with Gasteiger partial charge in [-0.3, -0.25) is 4.98 Å². The van der Waals surface area contributed by atoms with Gasteiger partial charge in [0, 0.05) is 24.3 Å². The van der Waals surface area contributed by atoms with Crippen molar-refractivity contribution in [2.75, 3.05) is 6.79 Å². The number of hydrogen-bond acceptors (Lipinski definition) is 5. The van der Waals surface area contributed by atoms with Crippen LogP contribution in [0, 0.1) is 0 Å². The lowest BCUT2D eigenvalue weighted by molar-refractivity contribution is 0.174. The van der Waals surface area contributed by atoms with E-state index in [-0.39, 0.29) is 13.3 Å². The van der Waals surface area contributed by atoms with Crippen LogP contribution in [0.25, 0.3) is 6.08 Å². The van der Waals surface area contributed by atoms with E-state index in [9.17, 15) is 8.42 Å². The predicted molar refractivity (Wildman–Crippen MR) is 81.6 cm³/mol. The molecular formula is C15H14N2O4S. The number of rotatable bonds is 5. The molecule has 0 saturated heterocycles. The second-order valence-electron chi connectivity index (χ2n) is 4.64. The maximum Gasteiger partial charge on any atom is 0.234 e. The molecule has 2 heterocycles. The maximum absolute atomic E-state index is 11.9. The quantitative estimate of drug-likeness (QED) is 0.911. The number of benzene rings is 1. The lowest BCUT2D eigenvalue weighted by atomic mass is 10.2. The molecule has 6 nitrogen and oxygen atoms in total. The first-order valence-electron chi connectivity index (χ1n) is 6.59. The number of ether oxygens (including phenoxy) is 2. The highest BCUT2D eigenvalue weighted by atomic mass is 32.2. The van der Waals surface area contributed by atoms with E-state index >= 15 is 0 Å². The Morgan fingerprint density at radius 2 is 1.91 bits per heavy atom. The van der Waals surface area contributed by atoms with E-state index in [1.54, 1.807) is 42.7 Å². The normalized spacial score (nSPS) is 13.6. The molecule has 0 bridgehead atoms. The first-order chi connectivity index (χ1) is 10.6. The molecule has 3 rings (SSSR count). The lowest BCUT2D eigenvalue weighted by Crippen LogP contribution is -2.20. The van der Waals surface area contributed by atoms with Gasteiger partial charge in [-0.2, -0.15) is 0 Å². The van der Waals surface area contributed by atoms with Gasteiger partial charge in [-0.1, -0.05) is 6.07 Å². The monoisotopic (exact) mass is 318 g/mol. The van der Waals surface area contributed by atoms with Gasteiger partial charge < -0.3 is 9.47 Å². The molecule has 7 heteroatoms. The van der Waals surface area contributed by atoms with Crippen LogP contribution in [0.15, 0.2) is 48.1 Å². The number of sulfonamides is 1. The minimum absolute atomic E-state index is 0.180. The second kappa shape index (κ2) is 6.17. The van der Waals surface area contributed by atoms with Crippen molar-refractivity contribution >= 4 is 16.1 Å². The van der Waals surface area contributed by atoms with E-state index in [0.29, 0.717) is 11.5 Å². The highest BCUT2D eigenvalue weighted by Crippen LogP contribution is 2.32. The van der Waals surface area contributed by atoms with Crippen molar-refractivity contribution < 1.29 is 17.9 Å². The molecule has 1 aliphatic heterocycles. The van der Waals surface area contributed by atoms with E-state index in [0.717, 1.165) is 16.5 Å². The summed E-state index contributed by atoms with van der Waals surface area (Å²) in [7, 11) is -3.52. The standard InChI is InChI=1S/C15H14N2O4S/c18-22(19,8-5-12-3-6-16-7-4-12)17-10-13-1-2-14-15(9-13)21-11-20-14/h1-9,17H,10-11H2/b8-5+. The van der Waals surface area contributed by atoms with Crippen LogP contribution in [0.1, 0.15) is 11.1 Å². The molecule has 0 atom stereocenters. The Morgan fingerprint density at radius 3 is 2.73 bits per heavy atom. The van der Waals surface area contributed by atoms with E-state index in [1.165, 1.54) is 6.08 Å². The number of nitrogens with one attached hydrogen (secondary N) is 1. The Hall–Kier alpha value is -2.38. The van der Waals surface area contributed by atoms with Crippen LogP contribution in [0.3, 0.4) is 0 Å². The van der Waals surface area contributed by atoms with Crippen molar-refractivity contribution in [1.29, 1.82) is 0 Å². The van der Waals surface area contributed by atoms with Gasteiger partial charge in [-0.05, 0) is 41.5 Å². The third-order valence-electron chi connectivity index (χ3n) is 3.06. The lowest BCUT2D eigenvalue weighted by Gasteiger charge is -2.04. The molecule has 0 unspecified atom stereocenters. The summed E-state index contributed by atoms with van der Waals surface area (Å²) in [4.78, 5) is 3.87. The summed E-state index contributed by atoms with van der Waals surface area (Å²) in [5, 5.41) is 1.13. The molecule has 1 N–H and O–H groups in total. The van der Waals surface area contributed by atoms with Crippen LogP contribution < -0.4 is 14.2 Å². The number of fused-ring (bicyclic) bond motifs is 1. The Kier molecular flexibility index (Phi) is 4.08. The average molecular weight is 318 g/mol. The zero-order chi connectivity index (χ0) is 15.4. The molecule has 2 aromatic rings. The third kappa shape index (κ3) is 3.63. The van der Waals surface area contributed by atoms with Gasteiger partial charge >= 0.3 is 0 Å². The molecule has 22 heavy (non-hydrogen) atoms. The first kappa shape index (κ1) is 14.6. The van der Waals surface area contributed by atoms with Gasteiger partial charge in [0.15, 0.2) is 11.5 Å². The minimum atomic E-state index is -3.52. The number of nitrogens with zero attached hydrogens (tertiary/aromatic N) is 1. The second-order valence-corrected chi connectivity index (χ2v) is 6.29. The smallest absolute Gasteiger partial charge is 0.234 e. The highest BCUT2D eigenvalue weighted by Gasteiger charge is 2.13. The fraction of sp³-hybridized carbons (Fsp3) is 0.133. The first-order valence-corrected chi connectivity index (χ1v) is 8.13. The number of pyridine rings is 1. The molecule has 0 radical (unpaired) electrons. The van der Waals surface area contributed by atoms with Crippen molar-refractivity contribution in [3.05, 3.63) is 59.3 Å². The molecule has 0 amide bonds. The SMILES string of the molecule is O=S(=O)(/C=C/c1ccncc1)NCc1ccc2c(c1)OCO2. The van der Waals surface area contributed by atoms with Crippen LogP contribution in [0.2, 0.25) is 0 Å². The average Bonchev–Trinajstić information content (AvgIpc) is 3.00. The van der Waals surface area contributed by atoms with Crippen LogP contribution in [0.4, 0.5) is 0 Å². The Morgan fingerprint density at radius 1 is 1.14 bits per heavy atom. The molecule has 1 aromatic carbocycles. The number of aromatic nitrogens is 1. The fourth-order valence-corrected chi connectivity index (χ4v) is 2.73. The highest BCUT2D eigenvalue weighted by molar-refractivity contribution is 7.92. The van der Waals surface area contributed by atoms with Crippen LogP contribution >= 0.6 is 0 Å². The molecule has 114 valence electrons. The Bertz CT molecular complexity index is 788. The maximum atomic E-state index is 11.9. The van der Waals surface area contributed by atoms with E-state index in [2.05, 4.69) is 9.71 Å². The molecule has 1 aromatic heterocycles. The number of hydrogen-bond donors (Lipinski definition) is 1. The van der Waals surface area contributed by atoms with Gasteiger partial charge in [0.1, 0.15) is 0 Å². The molecular weight excluding hydrogens is 304 g/mol. The van der Waals surface area contributed by atoms with Gasteiger partial charge in [0.2, 0.25) is 16.8 Å². The predicted octanol–water partition coefficient (Wildman–Crippen LogP) is 1.90. The van der Waals surface area contributed by atoms with Crippen molar-refractivity contribution in [3.8, 4) is 11.5 Å². The van der Waals surface area contributed by atoms with E-state index in [1.807, 2.05) is 0 Å². The summed E-state index contributed by atoms with van der Waals surface area (Å²) in [6, 6.07) is 8.77. The molecule has 1 aliphatic rings. The van der Waals surface area contributed by atoms with Gasteiger partial charge in [-0.15, -0.1) is 0 Å². The van der Waals surface area contributed by atoms with E-state index in [4.69, 9.17) is 9.47 Å². The zero-order valence-corrected chi connectivity index (χ0v) is 12.4. The summed E-state index contributed by atoms with van der Waals surface area (Å²) >= 11 is 0. The summed E-state index contributed by atoms with van der Waals surface area (Å²) in [5.74, 6) is 1.30. The Labute approximate surface area is 128 Å². The van der Waals surface area contributed by atoms with Crippen LogP contribution in [-0.2, 0) is 16.6 Å². The zero-order valence-electron chi connectivity index (χ0n) is 11.6. The molecule has 0 spiro atoms. The van der Waals surface area contributed by atoms with E-state index < -0.39 is 10.0 Å². The summed E-state index contributed by atoms with van der Waals surface area (Å²) in [6.07, 6.45) is 4.72. The molecule has 0 fully saturated rings. The van der Waals surface area contributed by atoms with Gasteiger partial charge in [-0.25, -0.2) is 13.1 Å². The largest absolute Gasteiger partial charge is 0.454 e. The van der Waals surface area contributed by atoms with Gasteiger partial charge in [0.05, 0.1) is 0 Å². The Balaban J connectivity index is 1.64. The topological polar surface area (TPSA) is 77.5 Å². The minimum Gasteiger partial charge on any atom is -0.454 e. The van der Waals surface area contributed by atoms with Crippen LogP contribution in [-0.4, -0.2) is 20.2 Å². The van der Waals surface area contributed by atoms with Crippen molar-refractivity contribution in [2.24, 2.45) is 0 Å². The third-order valence-corrected chi connectivity index (χ3v) is 4.10. The van der Waals surface area contributed by atoms with Crippen LogP contribution in [0.5, 0.6) is 11.5 Å². The fourth-order valence-electron chi connectivity index (χ4n) is 1.93. The van der Waals surface area contributed by atoms with Crippen molar-refractivity contribution in [2.45, 2.75) is 6.54 Å². The van der Waals surface area contributed by atoms with Crippen molar-refractivity contribution in [3.63, 3.8) is 0 Å².